The van der Waals surface area contributed by atoms with E-state index in [0.717, 1.165) is 12.1 Å². The van der Waals surface area contributed by atoms with Gasteiger partial charge in [-0.05, 0) is 56.1 Å². The molecule has 2 aromatic rings. The molecule has 0 aromatic heterocycles. The summed E-state index contributed by atoms with van der Waals surface area (Å²) in [6.45, 7) is 0. The minimum absolute atomic E-state index is 0.0989. The summed E-state index contributed by atoms with van der Waals surface area (Å²) in [6.07, 6.45) is 0. The first kappa shape index (κ1) is 16.2. The molecule has 0 atom stereocenters. The minimum atomic E-state index is -4.06. The Morgan fingerprint density at radius 1 is 1.00 bits per heavy atom. The number of benzene rings is 2. The molecule has 0 spiro atoms. The van der Waals surface area contributed by atoms with Gasteiger partial charge in [0.1, 0.15) is 11.6 Å². The van der Waals surface area contributed by atoms with Crippen molar-refractivity contribution < 1.29 is 17.2 Å². The number of hydrogen-bond acceptors (Lipinski definition) is 3. The first-order valence-corrected chi connectivity index (χ1v) is 8.50. The highest BCUT2D eigenvalue weighted by atomic mass is 79.9. The average molecular weight is 442 g/mol. The quantitative estimate of drug-likeness (QED) is 0.560. The van der Waals surface area contributed by atoms with E-state index in [4.69, 9.17) is 5.73 Å². The molecule has 4 nitrogen and oxygen atoms in total. The van der Waals surface area contributed by atoms with Gasteiger partial charge in [-0.25, -0.2) is 17.2 Å². The minimum Gasteiger partial charge on any atom is -0.398 e. The normalized spacial score (nSPS) is 11.4. The van der Waals surface area contributed by atoms with Crippen molar-refractivity contribution in [2.45, 2.75) is 4.90 Å². The Balaban J connectivity index is 2.42. The van der Waals surface area contributed by atoms with E-state index in [1.54, 1.807) is 0 Å². The van der Waals surface area contributed by atoms with Crippen LogP contribution in [0.3, 0.4) is 0 Å². The summed E-state index contributed by atoms with van der Waals surface area (Å²) in [5.41, 5.74) is 5.44. The van der Waals surface area contributed by atoms with Crippen LogP contribution in [0.4, 0.5) is 20.2 Å². The van der Waals surface area contributed by atoms with E-state index in [1.165, 1.54) is 18.2 Å². The molecule has 0 unspecified atom stereocenters. The van der Waals surface area contributed by atoms with Gasteiger partial charge >= 0.3 is 0 Å². The van der Waals surface area contributed by atoms with E-state index < -0.39 is 27.3 Å². The molecule has 0 fully saturated rings. The van der Waals surface area contributed by atoms with Crippen LogP contribution < -0.4 is 10.5 Å². The summed E-state index contributed by atoms with van der Waals surface area (Å²) < 4.78 is 53.6. The lowest BCUT2D eigenvalue weighted by Crippen LogP contribution is -2.14. The molecule has 0 aliphatic rings. The van der Waals surface area contributed by atoms with Gasteiger partial charge in [-0.2, -0.15) is 0 Å². The topological polar surface area (TPSA) is 72.2 Å². The zero-order valence-electron chi connectivity index (χ0n) is 10.2. The number of rotatable bonds is 3. The third kappa shape index (κ3) is 3.53. The molecule has 9 heteroatoms. The van der Waals surface area contributed by atoms with Crippen molar-refractivity contribution in [1.29, 1.82) is 0 Å². The van der Waals surface area contributed by atoms with Crippen molar-refractivity contribution in [3.05, 3.63) is 50.9 Å². The van der Waals surface area contributed by atoms with E-state index in [-0.39, 0.29) is 9.37 Å². The van der Waals surface area contributed by atoms with Crippen LogP contribution in [-0.2, 0) is 10.0 Å². The molecular weight excluding hydrogens is 434 g/mol. The Hall–Kier alpha value is -1.19. The number of anilines is 2. The van der Waals surface area contributed by atoms with Crippen molar-refractivity contribution in [1.82, 2.24) is 0 Å². The summed E-state index contributed by atoms with van der Waals surface area (Å²) in [5, 5.41) is 0. The Labute approximate surface area is 136 Å². The number of nitrogens with one attached hydrogen (secondary N) is 1. The summed E-state index contributed by atoms with van der Waals surface area (Å²) in [5.74, 6) is -1.69. The smallest absolute Gasteiger partial charge is 0.262 e. The van der Waals surface area contributed by atoms with E-state index in [1.807, 2.05) is 4.72 Å². The first-order chi connectivity index (χ1) is 9.70. The van der Waals surface area contributed by atoms with Crippen LogP contribution in [-0.4, -0.2) is 8.42 Å². The Bertz CT molecular complexity index is 813. The first-order valence-electron chi connectivity index (χ1n) is 5.43. The van der Waals surface area contributed by atoms with Crippen molar-refractivity contribution in [3.63, 3.8) is 0 Å². The van der Waals surface area contributed by atoms with Crippen LogP contribution in [0, 0.1) is 11.6 Å². The fourth-order valence-electron chi connectivity index (χ4n) is 1.48. The molecule has 2 aromatic carbocycles. The standard InChI is InChI=1S/C12H8Br2F2N2O2S/c13-7-4-10(16)12(5-9(7)15)18-21(19,20)6-1-2-11(17)8(14)3-6/h1-5,18H,17H2. The fraction of sp³-hybridized carbons (Fsp3) is 0. The monoisotopic (exact) mass is 440 g/mol. The van der Waals surface area contributed by atoms with E-state index in [9.17, 15) is 17.2 Å². The molecule has 0 aliphatic carbocycles. The zero-order chi connectivity index (χ0) is 15.8. The predicted molar refractivity (Wildman–Crippen MR) is 83.4 cm³/mol. The summed E-state index contributed by atoms with van der Waals surface area (Å²) >= 11 is 5.91. The maximum Gasteiger partial charge on any atom is 0.262 e. The van der Waals surface area contributed by atoms with Crippen LogP contribution in [0.2, 0.25) is 0 Å². The van der Waals surface area contributed by atoms with E-state index >= 15 is 0 Å². The van der Waals surface area contributed by atoms with Gasteiger partial charge in [-0.3, -0.25) is 4.72 Å². The Morgan fingerprint density at radius 2 is 1.67 bits per heavy atom. The number of sulfonamides is 1. The average Bonchev–Trinajstić information content (AvgIpc) is 2.39. The largest absolute Gasteiger partial charge is 0.398 e. The summed E-state index contributed by atoms with van der Waals surface area (Å²) in [6, 6.07) is 5.51. The van der Waals surface area contributed by atoms with Crippen LogP contribution in [0.5, 0.6) is 0 Å². The number of nitrogens with two attached hydrogens (primary N) is 1. The highest BCUT2D eigenvalue weighted by Gasteiger charge is 2.18. The number of hydrogen-bond donors (Lipinski definition) is 2. The zero-order valence-corrected chi connectivity index (χ0v) is 14.2. The highest BCUT2D eigenvalue weighted by Crippen LogP contribution is 2.27. The molecule has 0 heterocycles. The second kappa shape index (κ2) is 5.90. The second-order valence-corrected chi connectivity index (χ2v) is 7.43. The molecule has 0 saturated heterocycles. The summed E-state index contributed by atoms with van der Waals surface area (Å²) in [4.78, 5) is -0.133. The molecule has 2 rings (SSSR count). The molecule has 0 radical (unpaired) electrons. The van der Waals surface area contributed by atoms with Crippen LogP contribution in [0.25, 0.3) is 0 Å². The Morgan fingerprint density at radius 3 is 2.29 bits per heavy atom. The lowest BCUT2D eigenvalue weighted by molar-refractivity contribution is 0.591. The lowest BCUT2D eigenvalue weighted by atomic mass is 10.3. The van der Waals surface area contributed by atoms with Crippen molar-refractivity contribution >= 4 is 53.3 Å². The molecule has 0 saturated carbocycles. The van der Waals surface area contributed by atoms with Crippen molar-refractivity contribution in [2.24, 2.45) is 0 Å². The van der Waals surface area contributed by atoms with Crippen molar-refractivity contribution in [2.75, 3.05) is 10.5 Å². The van der Waals surface area contributed by atoms with Gasteiger partial charge in [-0.1, -0.05) is 0 Å². The molecular formula is C12H8Br2F2N2O2S. The highest BCUT2D eigenvalue weighted by molar-refractivity contribution is 9.10. The third-order valence-electron chi connectivity index (χ3n) is 2.54. The van der Waals surface area contributed by atoms with Gasteiger partial charge in [0.05, 0.1) is 15.1 Å². The van der Waals surface area contributed by atoms with E-state index in [0.29, 0.717) is 10.2 Å². The lowest BCUT2D eigenvalue weighted by Gasteiger charge is -2.10. The van der Waals surface area contributed by atoms with Crippen LogP contribution in [0.1, 0.15) is 0 Å². The van der Waals surface area contributed by atoms with Gasteiger partial charge in [0.25, 0.3) is 10.0 Å². The SMILES string of the molecule is Nc1ccc(S(=O)(=O)Nc2cc(F)c(Br)cc2F)cc1Br. The molecule has 3 N–H and O–H groups in total. The fourth-order valence-corrected chi connectivity index (χ4v) is 3.41. The molecule has 0 amide bonds. The van der Waals surface area contributed by atoms with Crippen LogP contribution in [0.15, 0.2) is 44.2 Å². The summed E-state index contributed by atoms with van der Waals surface area (Å²) in [7, 11) is -4.06. The number of halogens is 4. The maximum absolute atomic E-state index is 13.7. The molecule has 21 heavy (non-hydrogen) atoms. The Kier molecular flexibility index (Phi) is 4.54. The van der Waals surface area contributed by atoms with E-state index in [2.05, 4.69) is 31.9 Å². The maximum atomic E-state index is 13.7. The van der Waals surface area contributed by atoms with Gasteiger partial charge in [0.2, 0.25) is 0 Å². The number of nitrogen functional groups attached to an aromatic ring is 1. The molecule has 112 valence electrons. The molecule has 0 aliphatic heterocycles. The van der Waals surface area contributed by atoms with Gasteiger partial charge in [0, 0.05) is 16.2 Å². The van der Waals surface area contributed by atoms with Gasteiger partial charge in [0.15, 0.2) is 0 Å². The second-order valence-electron chi connectivity index (χ2n) is 4.03. The third-order valence-corrected chi connectivity index (χ3v) is 5.19. The predicted octanol–water partition coefficient (Wildman–Crippen LogP) is 3.87. The van der Waals surface area contributed by atoms with Gasteiger partial charge < -0.3 is 5.73 Å². The van der Waals surface area contributed by atoms with Crippen LogP contribution >= 0.6 is 31.9 Å². The molecule has 0 bridgehead atoms. The van der Waals surface area contributed by atoms with Gasteiger partial charge in [-0.15, -0.1) is 0 Å². The van der Waals surface area contributed by atoms with Crippen molar-refractivity contribution in [3.8, 4) is 0 Å².